The van der Waals surface area contributed by atoms with Crippen molar-refractivity contribution >= 4 is 5.78 Å². The van der Waals surface area contributed by atoms with Crippen LogP contribution in [0.15, 0.2) is 18.3 Å². The van der Waals surface area contributed by atoms with Gasteiger partial charge in [-0.25, -0.2) is 9.07 Å². The molecule has 0 atom stereocenters. The van der Waals surface area contributed by atoms with Crippen LogP contribution < -0.4 is 5.73 Å². The van der Waals surface area contributed by atoms with E-state index in [0.717, 1.165) is 5.56 Å². The van der Waals surface area contributed by atoms with Crippen LogP contribution >= 0.6 is 0 Å². The molecule has 0 fully saturated rings. The second kappa shape index (κ2) is 5.27. The summed E-state index contributed by atoms with van der Waals surface area (Å²) in [7, 11) is 0. The third kappa shape index (κ3) is 2.85. The summed E-state index contributed by atoms with van der Waals surface area (Å²) in [6, 6.07) is 3.13. The Balaban J connectivity index is 2.25. The SMILES string of the molecule is Cc1cc(C)c(C(=O)Cn2cc(CN)nn2)c(F)c1. The molecular formula is C13H15FN4O. The first-order valence-corrected chi connectivity index (χ1v) is 5.90. The van der Waals surface area contributed by atoms with E-state index in [9.17, 15) is 9.18 Å². The van der Waals surface area contributed by atoms with E-state index >= 15 is 0 Å². The molecule has 0 aliphatic rings. The van der Waals surface area contributed by atoms with E-state index in [2.05, 4.69) is 10.3 Å². The predicted molar refractivity (Wildman–Crippen MR) is 68.1 cm³/mol. The fourth-order valence-electron chi connectivity index (χ4n) is 2.00. The topological polar surface area (TPSA) is 73.8 Å². The summed E-state index contributed by atoms with van der Waals surface area (Å²) in [5, 5.41) is 7.56. The number of hydrogen-bond acceptors (Lipinski definition) is 4. The average Bonchev–Trinajstić information content (AvgIpc) is 2.75. The Kier molecular flexibility index (Phi) is 3.71. The Morgan fingerprint density at radius 1 is 1.42 bits per heavy atom. The van der Waals surface area contributed by atoms with Crippen LogP contribution in [0.3, 0.4) is 0 Å². The van der Waals surface area contributed by atoms with Gasteiger partial charge in [0.2, 0.25) is 0 Å². The van der Waals surface area contributed by atoms with E-state index < -0.39 is 5.82 Å². The highest BCUT2D eigenvalue weighted by atomic mass is 19.1. The number of ketones is 1. The number of nitrogens with zero attached hydrogens (tertiary/aromatic N) is 3. The normalized spacial score (nSPS) is 10.7. The van der Waals surface area contributed by atoms with Crippen LogP contribution in [0.5, 0.6) is 0 Å². The monoisotopic (exact) mass is 262 g/mol. The number of rotatable bonds is 4. The fourth-order valence-corrected chi connectivity index (χ4v) is 2.00. The smallest absolute Gasteiger partial charge is 0.187 e. The van der Waals surface area contributed by atoms with Gasteiger partial charge in [0, 0.05) is 6.54 Å². The fraction of sp³-hybridized carbons (Fsp3) is 0.308. The van der Waals surface area contributed by atoms with Gasteiger partial charge in [-0.05, 0) is 31.0 Å². The molecule has 19 heavy (non-hydrogen) atoms. The summed E-state index contributed by atoms with van der Waals surface area (Å²) in [5.41, 5.74) is 7.52. The Morgan fingerprint density at radius 3 is 2.74 bits per heavy atom. The molecule has 6 heteroatoms. The highest BCUT2D eigenvalue weighted by molar-refractivity contribution is 5.97. The molecule has 2 aromatic rings. The Morgan fingerprint density at radius 2 is 2.16 bits per heavy atom. The molecule has 0 amide bonds. The number of benzene rings is 1. The zero-order chi connectivity index (χ0) is 14.0. The minimum atomic E-state index is -0.498. The molecule has 1 heterocycles. The standard InChI is InChI=1S/C13H15FN4O/c1-8-3-9(2)13(11(14)4-8)12(19)7-18-6-10(5-15)16-17-18/h3-4,6H,5,7,15H2,1-2H3. The van der Waals surface area contributed by atoms with Crippen molar-refractivity contribution in [3.05, 3.63) is 46.5 Å². The minimum Gasteiger partial charge on any atom is -0.325 e. The van der Waals surface area contributed by atoms with Crippen molar-refractivity contribution in [3.63, 3.8) is 0 Å². The van der Waals surface area contributed by atoms with Crippen LogP contribution in [0.4, 0.5) is 4.39 Å². The van der Waals surface area contributed by atoms with Gasteiger partial charge in [0.25, 0.3) is 0 Å². The lowest BCUT2D eigenvalue weighted by molar-refractivity contribution is 0.0962. The Hall–Kier alpha value is -2.08. The highest BCUT2D eigenvalue weighted by Gasteiger charge is 2.16. The molecule has 0 saturated carbocycles. The average molecular weight is 262 g/mol. The summed E-state index contributed by atoms with van der Waals surface area (Å²) >= 11 is 0. The number of hydrogen-bond donors (Lipinski definition) is 1. The molecule has 2 N–H and O–H groups in total. The van der Waals surface area contributed by atoms with E-state index in [4.69, 9.17) is 5.73 Å². The molecule has 5 nitrogen and oxygen atoms in total. The number of halogens is 1. The second-order valence-electron chi connectivity index (χ2n) is 4.47. The van der Waals surface area contributed by atoms with Crippen molar-refractivity contribution in [1.29, 1.82) is 0 Å². The van der Waals surface area contributed by atoms with Crippen molar-refractivity contribution in [2.24, 2.45) is 5.73 Å². The summed E-state index contributed by atoms with van der Waals surface area (Å²) in [6.07, 6.45) is 1.58. The summed E-state index contributed by atoms with van der Waals surface area (Å²) in [5.74, 6) is -0.829. The number of aromatic nitrogens is 3. The summed E-state index contributed by atoms with van der Waals surface area (Å²) in [6.45, 7) is 3.71. The lowest BCUT2D eigenvalue weighted by atomic mass is 10.0. The van der Waals surface area contributed by atoms with Gasteiger partial charge >= 0.3 is 0 Å². The van der Waals surface area contributed by atoms with Crippen LogP contribution in [-0.2, 0) is 13.1 Å². The molecule has 0 bridgehead atoms. The molecule has 1 aromatic carbocycles. The zero-order valence-corrected chi connectivity index (χ0v) is 10.9. The number of aryl methyl sites for hydroxylation is 2. The Labute approximate surface area is 110 Å². The van der Waals surface area contributed by atoms with Gasteiger partial charge in [0.05, 0.1) is 17.5 Å². The van der Waals surface area contributed by atoms with Gasteiger partial charge in [0.15, 0.2) is 5.78 Å². The van der Waals surface area contributed by atoms with Crippen LogP contribution in [-0.4, -0.2) is 20.8 Å². The van der Waals surface area contributed by atoms with Crippen molar-refractivity contribution in [1.82, 2.24) is 15.0 Å². The molecule has 0 radical (unpaired) electrons. The Bertz CT molecular complexity index is 598. The minimum absolute atomic E-state index is 0.0478. The molecule has 1 aromatic heterocycles. The first-order valence-electron chi connectivity index (χ1n) is 5.90. The molecule has 0 unspecified atom stereocenters. The number of carbonyl (C=O) groups is 1. The van der Waals surface area contributed by atoms with Crippen molar-refractivity contribution < 1.29 is 9.18 Å². The van der Waals surface area contributed by atoms with Gasteiger partial charge in [-0.1, -0.05) is 11.3 Å². The molecule has 0 spiro atoms. The first-order chi connectivity index (χ1) is 9.01. The van der Waals surface area contributed by atoms with E-state index in [-0.39, 0.29) is 24.4 Å². The second-order valence-corrected chi connectivity index (χ2v) is 4.47. The first kappa shape index (κ1) is 13.4. The van der Waals surface area contributed by atoms with Crippen LogP contribution in [0.1, 0.15) is 27.2 Å². The van der Waals surface area contributed by atoms with Crippen molar-refractivity contribution in [2.75, 3.05) is 0 Å². The maximum atomic E-state index is 13.8. The van der Waals surface area contributed by atoms with E-state index in [1.165, 1.54) is 10.7 Å². The van der Waals surface area contributed by atoms with Crippen molar-refractivity contribution in [3.8, 4) is 0 Å². The van der Waals surface area contributed by atoms with Crippen LogP contribution in [0.2, 0.25) is 0 Å². The van der Waals surface area contributed by atoms with Crippen molar-refractivity contribution in [2.45, 2.75) is 26.9 Å². The number of Topliss-reactive ketones (excluding diaryl/α,β-unsaturated/α-hetero) is 1. The summed E-state index contributed by atoms with van der Waals surface area (Å²) < 4.78 is 15.2. The van der Waals surface area contributed by atoms with Gasteiger partial charge < -0.3 is 5.73 Å². The lowest BCUT2D eigenvalue weighted by Gasteiger charge is -2.07. The molecule has 0 aliphatic heterocycles. The van der Waals surface area contributed by atoms with E-state index in [1.807, 2.05) is 0 Å². The predicted octanol–water partition coefficient (Wildman–Crippen LogP) is 1.38. The quantitative estimate of drug-likeness (QED) is 0.845. The molecular weight excluding hydrogens is 247 g/mol. The molecule has 0 saturated heterocycles. The van der Waals surface area contributed by atoms with Gasteiger partial charge in [0.1, 0.15) is 12.4 Å². The number of carbonyl (C=O) groups excluding carboxylic acids is 1. The molecule has 100 valence electrons. The third-order valence-electron chi connectivity index (χ3n) is 2.81. The van der Waals surface area contributed by atoms with Gasteiger partial charge in [-0.15, -0.1) is 5.10 Å². The van der Waals surface area contributed by atoms with Crippen LogP contribution in [0, 0.1) is 19.7 Å². The molecule has 0 aliphatic carbocycles. The largest absolute Gasteiger partial charge is 0.325 e. The van der Waals surface area contributed by atoms with Gasteiger partial charge in [-0.2, -0.15) is 0 Å². The lowest BCUT2D eigenvalue weighted by Crippen LogP contribution is -2.14. The third-order valence-corrected chi connectivity index (χ3v) is 2.81. The van der Waals surface area contributed by atoms with E-state index in [1.54, 1.807) is 26.1 Å². The maximum absolute atomic E-state index is 13.8. The zero-order valence-electron chi connectivity index (χ0n) is 10.9. The number of nitrogens with two attached hydrogens (primary N) is 1. The molecule has 2 rings (SSSR count). The van der Waals surface area contributed by atoms with E-state index in [0.29, 0.717) is 11.3 Å². The maximum Gasteiger partial charge on any atom is 0.187 e. The summed E-state index contributed by atoms with van der Waals surface area (Å²) in [4.78, 5) is 12.1. The van der Waals surface area contributed by atoms with Crippen LogP contribution in [0.25, 0.3) is 0 Å². The highest BCUT2D eigenvalue weighted by Crippen LogP contribution is 2.16. The van der Waals surface area contributed by atoms with Gasteiger partial charge in [-0.3, -0.25) is 4.79 Å².